The summed E-state index contributed by atoms with van der Waals surface area (Å²) >= 11 is 1.50. The number of nitrogens with one attached hydrogen (secondary N) is 1. The summed E-state index contributed by atoms with van der Waals surface area (Å²) in [6.07, 6.45) is 3.26. The summed E-state index contributed by atoms with van der Waals surface area (Å²) in [5.41, 5.74) is 1.13. The molecule has 5 heteroatoms. The first-order valence-corrected chi connectivity index (χ1v) is 6.30. The maximum atomic E-state index is 11.2. The van der Waals surface area contributed by atoms with Gasteiger partial charge in [0.1, 0.15) is 16.1 Å². The van der Waals surface area contributed by atoms with Crippen LogP contribution in [0.3, 0.4) is 0 Å². The molecule has 2 aromatic heterocycles. The average Bonchev–Trinajstić information content (AvgIpc) is 2.76. The minimum atomic E-state index is -0.746. The van der Waals surface area contributed by atoms with E-state index in [0.29, 0.717) is 12.8 Å². The van der Waals surface area contributed by atoms with Gasteiger partial charge in [0, 0.05) is 11.1 Å². The van der Waals surface area contributed by atoms with Crippen LogP contribution in [0.4, 0.5) is 0 Å². The third-order valence-corrected chi connectivity index (χ3v) is 4.39. The summed E-state index contributed by atoms with van der Waals surface area (Å²) in [6.45, 7) is 1.98. The van der Waals surface area contributed by atoms with Crippen LogP contribution in [0.2, 0.25) is 0 Å². The second kappa shape index (κ2) is 3.43. The van der Waals surface area contributed by atoms with Crippen molar-refractivity contribution in [3.05, 3.63) is 28.2 Å². The van der Waals surface area contributed by atoms with E-state index in [9.17, 15) is 9.90 Å². The van der Waals surface area contributed by atoms with E-state index in [0.717, 1.165) is 21.3 Å². The van der Waals surface area contributed by atoms with E-state index in [2.05, 4.69) is 9.97 Å². The molecule has 0 aromatic carbocycles. The van der Waals surface area contributed by atoms with E-state index in [1.807, 2.05) is 25.3 Å². The number of rotatable bonds is 3. The third-order valence-electron chi connectivity index (χ3n) is 3.22. The van der Waals surface area contributed by atoms with Gasteiger partial charge in [0.2, 0.25) is 0 Å². The van der Waals surface area contributed by atoms with Crippen LogP contribution in [0, 0.1) is 6.92 Å². The molecule has 0 atom stereocenters. The Kier molecular flexibility index (Phi) is 2.13. The van der Waals surface area contributed by atoms with Gasteiger partial charge in [0.25, 0.3) is 0 Å². The molecule has 0 aliphatic heterocycles. The van der Waals surface area contributed by atoms with Crippen LogP contribution in [-0.2, 0) is 10.2 Å². The first-order chi connectivity index (χ1) is 8.13. The van der Waals surface area contributed by atoms with Crippen molar-refractivity contribution in [1.29, 1.82) is 0 Å². The molecule has 2 heterocycles. The summed E-state index contributed by atoms with van der Waals surface area (Å²) in [6, 6.07) is 3.87. The Morgan fingerprint density at radius 3 is 2.88 bits per heavy atom. The van der Waals surface area contributed by atoms with E-state index in [-0.39, 0.29) is 0 Å². The van der Waals surface area contributed by atoms with E-state index >= 15 is 0 Å². The van der Waals surface area contributed by atoms with Gasteiger partial charge in [-0.3, -0.25) is 4.79 Å². The van der Waals surface area contributed by atoms with Crippen molar-refractivity contribution in [2.24, 2.45) is 0 Å². The lowest BCUT2D eigenvalue weighted by atomic mass is 10.1. The normalized spacial score (nSPS) is 17.0. The predicted octanol–water partition coefficient (Wildman–Crippen LogP) is 2.56. The van der Waals surface area contributed by atoms with Gasteiger partial charge in [-0.2, -0.15) is 0 Å². The van der Waals surface area contributed by atoms with Gasteiger partial charge in [-0.15, -0.1) is 11.3 Å². The van der Waals surface area contributed by atoms with Crippen LogP contribution in [0.15, 0.2) is 18.3 Å². The van der Waals surface area contributed by atoms with Crippen molar-refractivity contribution in [1.82, 2.24) is 9.97 Å². The molecule has 1 fully saturated rings. The second-order valence-electron chi connectivity index (χ2n) is 4.39. The zero-order valence-electron chi connectivity index (χ0n) is 9.36. The van der Waals surface area contributed by atoms with Crippen LogP contribution in [-0.4, -0.2) is 21.0 Å². The number of aromatic amines is 1. The lowest BCUT2D eigenvalue weighted by molar-refractivity contribution is -0.140. The number of carboxylic acids is 1. The Morgan fingerprint density at radius 1 is 1.59 bits per heavy atom. The number of H-pyrrole nitrogens is 1. The summed E-state index contributed by atoms with van der Waals surface area (Å²) in [7, 11) is 0. The lowest BCUT2D eigenvalue weighted by Gasteiger charge is -2.03. The van der Waals surface area contributed by atoms with Crippen LogP contribution >= 0.6 is 11.3 Å². The summed E-state index contributed by atoms with van der Waals surface area (Å²) < 4.78 is 0. The number of carboxylic acid groups (broad SMARTS) is 1. The SMILES string of the molecule is Cc1sc(C2(C(=O)O)CC2)nc1-c1ccc[nH]1. The molecule has 0 saturated heterocycles. The minimum Gasteiger partial charge on any atom is -0.481 e. The first kappa shape index (κ1) is 10.5. The standard InChI is InChI=1S/C12H12N2O2S/c1-7-9(8-3-2-6-13-8)14-10(17-7)12(4-5-12)11(15)16/h2-3,6,13H,4-5H2,1H3,(H,15,16). The highest BCUT2D eigenvalue weighted by atomic mass is 32.1. The van der Waals surface area contributed by atoms with Crippen LogP contribution in [0.5, 0.6) is 0 Å². The molecular weight excluding hydrogens is 236 g/mol. The quantitative estimate of drug-likeness (QED) is 0.877. The van der Waals surface area contributed by atoms with Crippen LogP contribution in [0.25, 0.3) is 11.4 Å². The number of carbonyl (C=O) groups is 1. The third kappa shape index (κ3) is 1.50. The second-order valence-corrected chi connectivity index (χ2v) is 5.60. The molecule has 0 spiro atoms. The molecule has 1 saturated carbocycles. The van der Waals surface area contributed by atoms with E-state index in [4.69, 9.17) is 0 Å². The Morgan fingerprint density at radius 2 is 2.35 bits per heavy atom. The van der Waals surface area contributed by atoms with Crippen molar-refractivity contribution in [2.75, 3.05) is 0 Å². The summed E-state index contributed by atoms with van der Waals surface area (Å²) in [5.74, 6) is -0.746. The largest absolute Gasteiger partial charge is 0.481 e. The zero-order chi connectivity index (χ0) is 12.0. The van der Waals surface area contributed by atoms with Gasteiger partial charge in [0.15, 0.2) is 0 Å². The molecule has 0 radical (unpaired) electrons. The molecule has 2 aromatic rings. The Hall–Kier alpha value is -1.62. The lowest BCUT2D eigenvalue weighted by Crippen LogP contribution is -2.19. The molecule has 2 N–H and O–H groups in total. The molecule has 1 aliphatic rings. The molecule has 17 heavy (non-hydrogen) atoms. The Labute approximate surface area is 102 Å². The van der Waals surface area contributed by atoms with Gasteiger partial charge < -0.3 is 10.1 Å². The number of hydrogen-bond donors (Lipinski definition) is 2. The van der Waals surface area contributed by atoms with Crippen molar-refractivity contribution in [2.45, 2.75) is 25.2 Å². The highest BCUT2D eigenvalue weighted by Gasteiger charge is 2.54. The number of hydrogen-bond acceptors (Lipinski definition) is 3. The molecule has 4 nitrogen and oxygen atoms in total. The summed E-state index contributed by atoms with van der Waals surface area (Å²) in [5, 5.41) is 9.99. The predicted molar refractivity (Wildman–Crippen MR) is 65.2 cm³/mol. The molecule has 3 rings (SSSR count). The first-order valence-electron chi connectivity index (χ1n) is 5.48. The van der Waals surface area contributed by atoms with E-state index in [1.54, 1.807) is 0 Å². The fraction of sp³-hybridized carbons (Fsp3) is 0.333. The van der Waals surface area contributed by atoms with Gasteiger partial charge in [-0.1, -0.05) is 0 Å². The summed E-state index contributed by atoms with van der Waals surface area (Å²) in [4.78, 5) is 19.9. The highest BCUT2D eigenvalue weighted by Crippen LogP contribution is 2.50. The molecule has 0 amide bonds. The van der Waals surface area contributed by atoms with Crippen molar-refractivity contribution in [3.63, 3.8) is 0 Å². The molecular formula is C12H12N2O2S. The fourth-order valence-electron chi connectivity index (χ4n) is 1.97. The van der Waals surface area contributed by atoms with Crippen molar-refractivity contribution >= 4 is 17.3 Å². The number of thiazole rings is 1. The van der Waals surface area contributed by atoms with Crippen molar-refractivity contribution in [3.8, 4) is 11.4 Å². The molecule has 0 unspecified atom stereocenters. The number of aliphatic carboxylic acids is 1. The maximum absolute atomic E-state index is 11.2. The molecule has 88 valence electrons. The number of aryl methyl sites for hydroxylation is 1. The Balaban J connectivity index is 2.05. The van der Waals surface area contributed by atoms with Gasteiger partial charge >= 0.3 is 5.97 Å². The van der Waals surface area contributed by atoms with E-state index in [1.165, 1.54) is 11.3 Å². The maximum Gasteiger partial charge on any atom is 0.316 e. The van der Waals surface area contributed by atoms with Gasteiger partial charge in [0.05, 0.1) is 5.69 Å². The molecule has 0 bridgehead atoms. The minimum absolute atomic E-state index is 0.694. The smallest absolute Gasteiger partial charge is 0.316 e. The van der Waals surface area contributed by atoms with Crippen molar-refractivity contribution < 1.29 is 9.90 Å². The molecule has 1 aliphatic carbocycles. The zero-order valence-corrected chi connectivity index (χ0v) is 10.2. The number of aromatic nitrogens is 2. The fourth-order valence-corrected chi connectivity index (χ4v) is 3.14. The van der Waals surface area contributed by atoms with Gasteiger partial charge in [-0.05, 0) is 31.9 Å². The van der Waals surface area contributed by atoms with Gasteiger partial charge in [-0.25, -0.2) is 4.98 Å². The topological polar surface area (TPSA) is 66.0 Å². The van der Waals surface area contributed by atoms with E-state index < -0.39 is 11.4 Å². The van der Waals surface area contributed by atoms with Crippen LogP contribution in [0.1, 0.15) is 22.7 Å². The Bertz CT molecular complexity index is 567. The average molecular weight is 248 g/mol. The highest BCUT2D eigenvalue weighted by molar-refractivity contribution is 7.12. The monoisotopic (exact) mass is 248 g/mol. The number of nitrogens with zero attached hydrogens (tertiary/aromatic N) is 1. The van der Waals surface area contributed by atoms with Crippen LogP contribution < -0.4 is 0 Å².